The second kappa shape index (κ2) is 7.11. The van der Waals surface area contributed by atoms with E-state index in [1.165, 1.54) is 5.56 Å². The van der Waals surface area contributed by atoms with Crippen molar-refractivity contribution >= 4 is 11.8 Å². The first-order chi connectivity index (χ1) is 13.9. The second-order valence-electron chi connectivity index (χ2n) is 9.85. The lowest BCUT2D eigenvalue weighted by Crippen LogP contribution is -2.52. The van der Waals surface area contributed by atoms with Gasteiger partial charge in [-0.2, -0.15) is 5.10 Å². The Balaban J connectivity index is 1.23. The third-order valence-electron chi connectivity index (χ3n) is 7.09. The molecule has 0 N–H and O–H groups in total. The molecule has 2 aliphatic carbocycles. The Morgan fingerprint density at radius 2 is 1.97 bits per heavy atom. The van der Waals surface area contributed by atoms with E-state index in [0.717, 1.165) is 69.5 Å². The van der Waals surface area contributed by atoms with Gasteiger partial charge in [0.2, 0.25) is 5.91 Å². The monoisotopic (exact) mass is 399 g/mol. The maximum Gasteiger partial charge on any atom is 0.272 e. The summed E-state index contributed by atoms with van der Waals surface area (Å²) in [6.07, 6.45) is 6.37. The van der Waals surface area contributed by atoms with Gasteiger partial charge in [-0.15, -0.1) is 0 Å². The van der Waals surface area contributed by atoms with Crippen LogP contribution < -0.4 is 0 Å². The summed E-state index contributed by atoms with van der Waals surface area (Å²) in [5, 5.41) is 4.57. The minimum atomic E-state index is 0.140. The van der Waals surface area contributed by atoms with Gasteiger partial charge in [0.15, 0.2) is 0 Å². The van der Waals surface area contributed by atoms with E-state index in [-0.39, 0.29) is 17.9 Å². The summed E-state index contributed by atoms with van der Waals surface area (Å²) in [7, 11) is 1.89. The van der Waals surface area contributed by atoms with E-state index in [0.29, 0.717) is 24.5 Å². The average Bonchev–Trinajstić information content (AvgIpc) is 2.98. The van der Waals surface area contributed by atoms with Crippen LogP contribution in [0.5, 0.6) is 0 Å². The van der Waals surface area contributed by atoms with Gasteiger partial charge in [-0.25, -0.2) is 0 Å². The molecule has 3 fully saturated rings. The molecule has 158 valence electrons. The van der Waals surface area contributed by atoms with Crippen LogP contribution in [0, 0.1) is 5.92 Å². The van der Waals surface area contributed by atoms with Crippen LogP contribution in [0.2, 0.25) is 0 Å². The minimum Gasteiger partial charge on any atom is -0.338 e. The number of amides is 2. The standard InChI is InChI=1S/C22H33N5O2/c1-14(2)10-26(15-7-8-15)20(28)13-25-11-17-9-16(25)12-27(17)22(29)21-18-5-4-6-19(18)23-24(21)3/h14-17H,4-13H2,1-3H3/t16-,17-/m0/s1. The highest BCUT2D eigenvalue weighted by Gasteiger charge is 2.47. The maximum absolute atomic E-state index is 13.3. The number of hydrogen-bond acceptors (Lipinski definition) is 4. The van der Waals surface area contributed by atoms with Gasteiger partial charge in [-0.1, -0.05) is 13.8 Å². The lowest BCUT2D eigenvalue weighted by molar-refractivity contribution is -0.134. The number of piperazine rings is 1. The van der Waals surface area contributed by atoms with Gasteiger partial charge < -0.3 is 9.80 Å². The minimum absolute atomic E-state index is 0.140. The highest BCUT2D eigenvalue weighted by Crippen LogP contribution is 2.34. The highest BCUT2D eigenvalue weighted by atomic mass is 16.2. The zero-order valence-electron chi connectivity index (χ0n) is 17.9. The number of nitrogens with zero attached hydrogens (tertiary/aromatic N) is 5. The Bertz CT molecular complexity index is 827. The van der Waals surface area contributed by atoms with Gasteiger partial charge in [-0.05, 0) is 44.4 Å². The molecule has 2 aliphatic heterocycles. The molecule has 7 nitrogen and oxygen atoms in total. The molecule has 2 atom stereocenters. The van der Waals surface area contributed by atoms with Crippen molar-refractivity contribution in [1.82, 2.24) is 24.5 Å². The molecule has 0 radical (unpaired) electrons. The van der Waals surface area contributed by atoms with Gasteiger partial charge in [0, 0.05) is 50.4 Å². The molecule has 0 spiro atoms. The van der Waals surface area contributed by atoms with E-state index in [4.69, 9.17) is 0 Å². The molecule has 29 heavy (non-hydrogen) atoms. The van der Waals surface area contributed by atoms with Gasteiger partial charge in [-0.3, -0.25) is 19.2 Å². The predicted molar refractivity (Wildman–Crippen MR) is 110 cm³/mol. The van der Waals surface area contributed by atoms with Crippen LogP contribution >= 0.6 is 0 Å². The largest absolute Gasteiger partial charge is 0.338 e. The normalized spacial score (nSPS) is 25.9. The predicted octanol–water partition coefficient (Wildman–Crippen LogP) is 1.45. The SMILES string of the molecule is CC(C)CN(C(=O)CN1C[C@@H]2C[C@H]1CN2C(=O)c1c2c(nn1C)CCC2)C1CC1. The number of carbonyl (C=O) groups excluding carboxylic acids is 2. The van der Waals surface area contributed by atoms with Crippen molar-refractivity contribution in [2.24, 2.45) is 13.0 Å². The zero-order chi connectivity index (χ0) is 20.3. The van der Waals surface area contributed by atoms with Crippen LogP contribution in [-0.4, -0.2) is 80.6 Å². The van der Waals surface area contributed by atoms with Crippen LogP contribution in [0.25, 0.3) is 0 Å². The molecule has 3 heterocycles. The molecule has 2 amide bonds. The van der Waals surface area contributed by atoms with E-state index in [1.54, 1.807) is 4.68 Å². The van der Waals surface area contributed by atoms with Crippen LogP contribution in [0.4, 0.5) is 0 Å². The highest BCUT2D eigenvalue weighted by molar-refractivity contribution is 5.95. The van der Waals surface area contributed by atoms with Crippen LogP contribution in [-0.2, 0) is 24.7 Å². The van der Waals surface area contributed by atoms with Crippen molar-refractivity contribution in [3.05, 3.63) is 17.0 Å². The maximum atomic E-state index is 13.3. The number of fused-ring (bicyclic) bond motifs is 3. The topological polar surface area (TPSA) is 61.7 Å². The van der Waals surface area contributed by atoms with E-state index < -0.39 is 0 Å². The lowest BCUT2D eigenvalue weighted by atomic mass is 10.1. The first kappa shape index (κ1) is 19.1. The average molecular weight is 400 g/mol. The number of hydrogen-bond donors (Lipinski definition) is 0. The van der Waals surface area contributed by atoms with Gasteiger partial charge in [0.1, 0.15) is 5.69 Å². The molecule has 1 aromatic heterocycles. The molecule has 1 aromatic rings. The molecule has 0 aromatic carbocycles. The van der Waals surface area contributed by atoms with E-state index in [2.05, 4.69) is 28.7 Å². The van der Waals surface area contributed by atoms with Crippen LogP contribution in [0.15, 0.2) is 0 Å². The van der Waals surface area contributed by atoms with Crippen molar-refractivity contribution < 1.29 is 9.59 Å². The molecule has 5 rings (SSSR count). The summed E-state index contributed by atoms with van der Waals surface area (Å²) in [5.41, 5.74) is 3.07. The summed E-state index contributed by atoms with van der Waals surface area (Å²) in [4.78, 5) is 32.7. The fraction of sp³-hybridized carbons (Fsp3) is 0.773. The molecule has 1 saturated carbocycles. The van der Waals surface area contributed by atoms with Crippen molar-refractivity contribution in [2.75, 3.05) is 26.2 Å². The molecule has 7 heteroatoms. The molecular weight excluding hydrogens is 366 g/mol. The third kappa shape index (κ3) is 3.37. The first-order valence-electron chi connectivity index (χ1n) is 11.3. The fourth-order valence-corrected chi connectivity index (χ4v) is 5.61. The first-order valence-corrected chi connectivity index (χ1v) is 11.3. The molecule has 4 aliphatic rings. The number of likely N-dealkylation sites (tertiary alicyclic amines) is 2. The van der Waals surface area contributed by atoms with Crippen LogP contribution in [0.1, 0.15) is 61.3 Å². The molecule has 2 saturated heterocycles. The van der Waals surface area contributed by atoms with Crippen molar-refractivity contribution in [3.63, 3.8) is 0 Å². The smallest absolute Gasteiger partial charge is 0.272 e. The van der Waals surface area contributed by atoms with E-state index >= 15 is 0 Å². The second-order valence-corrected chi connectivity index (χ2v) is 9.85. The fourth-order valence-electron chi connectivity index (χ4n) is 5.61. The molecule has 2 bridgehead atoms. The van der Waals surface area contributed by atoms with Crippen molar-refractivity contribution in [2.45, 2.75) is 70.5 Å². The van der Waals surface area contributed by atoms with Crippen molar-refractivity contribution in [3.8, 4) is 0 Å². The Morgan fingerprint density at radius 3 is 2.62 bits per heavy atom. The number of aryl methyl sites for hydroxylation is 2. The van der Waals surface area contributed by atoms with E-state index in [1.807, 2.05) is 11.9 Å². The van der Waals surface area contributed by atoms with Crippen molar-refractivity contribution in [1.29, 1.82) is 0 Å². The quantitative estimate of drug-likeness (QED) is 0.727. The Morgan fingerprint density at radius 1 is 1.17 bits per heavy atom. The summed E-state index contributed by atoms with van der Waals surface area (Å²) in [6, 6.07) is 1.01. The lowest BCUT2D eigenvalue weighted by Gasteiger charge is -2.35. The van der Waals surface area contributed by atoms with Gasteiger partial charge in [0.25, 0.3) is 5.91 Å². The number of carbonyl (C=O) groups is 2. The van der Waals surface area contributed by atoms with Gasteiger partial charge in [0.05, 0.1) is 12.2 Å². The number of rotatable bonds is 6. The third-order valence-corrected chi connectivity index (χ3v) is 7.09. The summed E-state index contributed by atoms with van der Waals surface area (Å²) >= 11 is 0. The Hall–Kier alpha value is -1.89. The zero-order valence-corrected chi connectivity index (χ0v) is 17.9. The number of aromatic nitrogens is 2. The van der Waals surface area contributed by atoms with Crippen LogP contribution in [0.3, 0.4) is 0 Å². The Labute approximate surface area is 173 Å². The summed E-state index contributed by atoms with van der Waals surface area (Å²) < 4.78 is 1.79. The molecule has 0 unspecified atom stereocenters. The molecular formula is C22H33N5O2. The Kier molecular flexibility index (Phi) is 4.68. The van der Waals surface area contributed by atoms with Gasteiger partial charge >= 0.3 is 0 Å². The van der Waals surface area contributed by atoms with E-state index in [9.17, 15) is 9.59 Å². The summed E-state index contributed by atoms with van der Waals surface area (Å²) in [5.74, 6) is 0.917. The summed E-state index contributed by atoms with van der Waals surface area (Å²) in [6.45, 7) is 7.29.